The topological polar surface area (TPSA) is 35.0 Å². The molecular formula is C15H7ClF4N2O. The number of benzene rings is 1. The summed E-state index contributed by atoms with van der Waals surface area (Å²) in [6, 6.07) is 6.01. The second kappa shape index (κ2) is 5.66. The lowest BCUT2D eigenvalue weighted by molar-refractivity contribution is -0.140. The molecule has 0 radical (unpaired) electrons. The normalized spacial score (nSPS) is 11.7. The van der Waals surface area contributed by atoms with Gasteiger partial charge in [-0.1, -0.05) is 17.7 Å². The number of hydrogen-bond acceptors (Lipinski definition) is 3. The molecule has 3 rings (SSSR count). The minimum Gasteiger partial charge on any atom is -0.435 e. The molecule has 23 heavy (non-hydrogen) atoms. The van der Waals surface area contributed by atoms with Crippen molar-refractivity contribution in [1.82, 2.24) is 9.97 Å². The smallest absolute Gasteiger partial charge is 0.419 e. The Bertz CT molecular complexity index is 878. The molecule has 0 saturated carbocycles. The number of alkyl halides is 3. The van der Waals surface area contributed by atoms with Gasteiger partial charge >= 0.3 is 6.18 Å². The van der Waals surface area contributed by atoms with Crippen LogP contribution in [0.1, 0.15) is 5.56 Å². The zero-order valence-corrected chi connectivity index (χ0v) is 12.0. The average Bonchev–Trinajstić information content (AvgIpc) is 2.48. The van der Waals surface area contributed by atoms with Gasteiger partial charge in [0.05, 0.1) is 10.9 Å². The van der Waals surface area contributed by atoms with Gasteiger partial charge in [-0.15, -0.1) is 0 Å². The molecule has 0 amide bonds. The second-order valence-electron chi connectivity index (χ2n) is 4.53. The summed E-state index contributed by atoms with van der Waals surface area (Å²) in [7, 11) is 0. The predicted molar refractivity (Wildman–Crippen MR) is 76.0 cm³/mol. The van der Waals surface area contributed by atoms with Gasteiger partial charge in [-0.25, -0.2) is 14.4 Å². The van der Waals surface area contributed by atoms with Crippen LogP contribution in [0.4, 0.5) is 17.6 Å². The SMILES string of the molecule is Fc1c(Oc2nccc3ccnc(Cl)c23)cccc1C(F)(F)F. The second-order valence-corrected chi connectivity index (χ2v) is 4.89. The van der Waals surface area contributed by atoms with Gasteiger partial charge in [0, 0.05) is 12.4 Å². The van der Waals surface area contributed by atoms with Crippen LogP contribution in [0.15, 0.2) is 42.7 Å². The van der Waals surface area contributed by atoms with Gasteiger partial charge in [0.15, 0.2) is 11.6 Å². The number of fused-ring (bicyclic) bond motifs is 1. The van der Waals surface area contributed by atoms with E-state index in [1.807, 2.05) is 0 Å². The van der Waals surface area contributed by atoms with Crippen LogP contribution in [0.25, 0.3) is 10.8 Å². The third-order valence-electron chi connectivity index (χ3n) is 3.07. The van der Waals surface area contributed by atoms with Crippen LogP contribution in [0.5, 0.6) is 11.6 Å². The lowest BCUT2D eigenvalue weighted by Gasteiger charge is -2.12. The first-order chi connectivity index (χ1) is 10.9. The Balaban J connectivity index is 2.11. The summed E-state index contributed by atoms with van der Waals surface area (Å²) >= 11 is 5.97. The Morgan fingerprint density at radius 3 is 2.39 bits per heavy atom. The van der Waals surface area contributed by atoms with E-state index in [4.69, 9.17) is 16.3 Å². The minimum atomic E-state index is -4.82. The summed E-state index contributed by atoms with van der Waals surface area (Å²) in [6.07, 6.45) is -1.99. The van der Waals surface area contributed by atoms with Gasteiger partial charge in [0.2, 0.25) is 5.88 Å². The summed E-state index contributed by atoms with van der Waals surface area (Å²) in [6.45, 7) is 0. The Labute approximate surface area is 132 Å². The average molecular weight is 343 g/mol. The Morgan fingerprint density at radius 1 is 1.00 bits per heavy atom. The molecule has 0 spiro atoms. The molecule has 3 aromatic rings. The first-order valence-corrected chi connectivity index (χ1v) is 6.68. The van der Waals surface area contributed by atoms with Crippen molar-refractivity contribution in [3.63, 3.8) is 0 Å². The standard InChI is InChI=1S/C15H7ClF4N2O/c16-13-11-8(4-6-21-13)5-7-22-14(11)23-10-3-1-2-9(12(10)17)15(18,19)20/h1-7H. The van der Waals surface area contributed by atoms with E-state index in [-0.39, 0.29) is 16.4 Å². The highest BCUT2D eigenvalue weighted by molar-refractivity contribution is 6.34. The number of nitrogens with zero attached hydrogens (tertiary/aromatic N) is 2. The molecule has 0 aliphatic heterocycles. The summed E-state index contributed by atoms with van der Waals surface area (Å²) in [5, 5.41) is 0.953. The molecule has 0 aliphatic rings. The maximum Gasteiger partial charge on any atom is 0.419 e. The van der Waals surface area contributed by atoms with Crippen molar-refractivity contribution in [2.75, 3.05) is 0 Å². The number of pyridine rings is 2. The number of hydrogen-bond donors (Lipinski definition) is 0. The summed E-state index contributed by atoms with van der Waals surface area (Å²) in [5.74, 6) is -2.24. The Kier molecular flexibility index (Phi) is 3.81. The third-order valence-corrected chi connectivity index (χ3v) is 3.36. The molecule has 0 N–H and O–H groups in total. The maximum atomic E-state index is 14.0. The molecule has 0 aliphatic carbocycles. The van der Waals surface area contributed by atoms with Crippen LogP contribution in [0.3, 0.4) is 0 Å². The number of ether oxygens (including phenoxy) is 1. The predicted octanol–water partition coefficient (Wildman–Crippen LogP) is 5.23. The van der Waals surface area contributed by atoms with Gasteiger partial charge in [-0.05, 0) is 29.7 Å². The van der Waals surface area contributed by atoms with Crippen LogP contribution < -0.4 is 4.74 Å². The Morgan fingerprint density at radius 2 is 1.70 bits per heavy atom. The van der Waals surface area contributed by atoms with Crippen LogP contribution in [0, 0.1) is 5.82 Å². The number of aromatic nitrogens is 2. The monoisotopic (exact) mass is 342 g/mol. The van der Waals surface area contributed by atoms with Gasteiger partial charge in [-0.2, -0.15) is 13.2 Å². The molecule has 0 unspecified atom stereocenters. The van der Waals surface area contributed by atoms with E-state index in [0.717, 1.165) is 12.1 Å². The molecule has 0 saturated heterocycles. The van der Waals surface area contributed by atoms with Crippen molar-refractivity contribution in [2.24, 2.45) is 0 Å². The summed E-state index contributed by atoms with van der Waals surface area (Å²) in [5.41, 5.74) is -1.42. The molecule has 0 bridgehead atoms. The van der Waals surface area contributed by atoms with Gasteiger partial charge in [0.25, 0.3) is 0 Å². The quantitative estimate of drug-likeness (QED) is 0.472. The fraction of sp³-hybridized carbons (Fsp3) is 0.0667. The highest BCUT2D eigenvalue weighted by Gasteiger charge is 2.35. The third kappa shape index (κ3) is 2.92. The van der Waals surface area contributed by atoms with Crippen molar-refractivity contribution >= 4 is 22.4 Å². The zero-order chi connectivity index (χ0) is 16.6. The van der Waals surface area contributed by atoms with Crippen LogP contribution in [0.2, 0.25) is 5.15 Å². The molecule has 3 nitrogen and oxygen atoms in total. The van der Waals surface area contributed by atoms with Crippen molar-refractivity contribution in [1.29, 1.82) is 0 Å². The van der Waals surface area contributed by atoms with E-state index < -0.39 is 23.3 Å². The van der Waals surface area contributed by atoms with Crippen molar-refractivity contribution in [3.8, 4) is 11.6 Å². The molecule has 0 fully saturated rings. The molecule has 118 valence electrons. The highest BCUT2D eigenvalue weighted by atomic mass is 35.5. The van der Waals surface area contributed by atoms with Crippen molar-refractivity contribution in [3.05, 3.63) is 59.3 Å². The van der Waals surface area contributed by atoms with Gasteiger partial charge in [0.1, 0.15) is 5.15 Å². The van der Waals surface area contributed by atoms with Gasteiger partial charge in [-0.3, -0.25) is 0 Å². The fourth-order valence-electron chi connectivity index (χ4n) is 2.04. The molecule has 1 aromatic carbocycles. The number of halogens is 5. The van der Waals surface area contributed by atoms with Gasteiger partial charge < -0.3 is 4.74 Å². The van der Waals surface area contributed by atoms with Crippen LogP contribution in [-0.4, -0.2) is 9.97 Å². The van der Waals surface area contributed by atoms with Crippen LogP contribution in [-0.2, 0) is 6.18 Å². The summed E-state index contributed by atoms with van der Waals surface area (Å²) < 4.78 is 57.5. The van der Waals surface area contributed by atoms with E-state index in [9.17, 15) is 17.6 Å². The minimum absolute atomic E-state index is 0.0537. The van der Waals surface area contributed by atoms with E-state index in [1.165, 1.54) is 12.4 Å². The summed E-state index contributed by atoms with van der Waals surface area (Å²) in [4.78, 5) is 7.76. The van der Waals surface area contributed by atoms with E-state index in [2.05, 4.69) is 9.97 Å². The first kappa shape index (κ1) is 15.5. The maximum absolute atomic E-state index is 14.0. The van der Waals surface area contributed by atoms with E-state index in [0.29, 0.717) is 11.5 Å². The number of rotatable bonds is 2. The lowest BCUT2D eigenvalue weighted by Crippen LogP contribution is -2.08. The molecule has 2 heterocycles. The molecule has 2 aromatic heterocycles. The van der Waals surface area contributed by atoms with E-state index >= 15 is 0 Å². The molecule has 0 atom stereocenters. The van der Waals surface area contributed by atoms with Crippen molar-refractivity contribution < 1.29 is 22.3 Å². The van der Waals surface area contributed by atoms with Crippen LogP contribution >= 0.6 is 11.6 Å². The molecular weight excluding hydrogens is 336 g/mol. The van der Waals surface area contributed by atoms with E-state index in [1.54, 1.807) is 12.1 Å². The largest absolute Gasteiger partial charge is 0.435 e. The first-order valence-electron chi connectivity index (χ1n) is 6.30. The zero-order valence-electron chi connectivity index (χ0n) is 11.2. The fourth-order valence-corrected chi connectivity index (χ4v) is 2.29. The highest BCUT2D eigenvalue weighted by Crippen LogP contribution is 2.37. The Hall–Kier alpha value is -2.41. The molecule has 8 heteroatoms. The van der Waals surface area contributed by atoms with Crippen molar-refractivity contribution in [2.45, 2.75) is 6.18 Å². The lowest BCUT2D eigenvalue weighted by atomic mass is 10.2.